The van der Waals surface area contributed by atoms with Crippen LogP contribution in [0.5, 0.6) is 0 Å². The van der Waals surface area contributed by atoms with E-state index in [0.29, 0.717) is 5.41 Å². The number of thiol groups is 1. The lowest BCUT2D eigenvalue weighted by atomic mass is 9.72. The van der Waals surface area contributed by atoms with Crippen LogP contribution in [0, 0.1) is 5.41 Å². The van der Waals surface area contributed by atoms with Crippen LogP contribution in [0.1, 0.15) is 39.5 Å². The second kappa shape index (κ2) is 6.12. The van der Waals surface area contributed by atoms with Gasteiger partial charge in [-0.2, -0.15) is 0 Å². The Bertz CT molecular complexity index is 145. The Labute approximate surface area is 101 Å². The van der Waals surface area contributed by atoms with Crippen molar-refractivity contribution in [1.82, 2.24) is 9.21 Å². The van der Waals surface area contributed by atoms with Gasteiger partial charge in [-0.1, -0.05) is 26.7 Å². The third-order valence-electron chi connectivity index (χ3n) is 3.85. The molecule has 2 aliphatic rings. The molecular weight excluding hydrogens is 204 g/mol. The number of rotatable bonds is 0. The highest BCUT2D eigenvalue weighted by atomic mass is 32.1. The summed E-state index contributed by atoms with van der Waals surface area (Å²) in [7, 11) is 2.24. The summed E-state index contributed by atoms with van der Waals surface area (Å²) in [6.45, 7) is 8.97. The third kappa shape index (κ3) is 3.65. The van der Waals surface area contributed by atoms with Crippen LogP contribution in [0.2, 0.25) is 0 Å². The molecule has 2 rings (SSSR count). The van der Waals surface area contributed by atoms with Gasteiger partial charge in [0.25, 0.3) is 0 Å². The van der Waals surface area contributed by atoms with Gasteiger partial charge in [-0.05, 0) is 51.2 Å². The molecule has 0 radical (unpaired) electrons. The van der Waals surface area contributed by atoms with Gasteiger partial charge in [-0.3, -0.25) is 4.31 Å². The highest BCUT2D eigenvalue weighted by Crippen LogP contribution is 2.41. The number of likely N-dealkylation sites (tertiary alicyclic amines) is 1. The van der Waals surface area contributed by atoms with E-state index < -0.39 is 0 Å². The van der Waals surface area contributed by atoms with E-state index in [1.807, 2.05) is 13.8 Å². The van der Waals surface area contributed by atoms with Crippen LogP contribution in [-0.4, -0.2) is 42.4 Å². The molecule has 0 bridgehead atoms. The molecule has 0 atom stereocenters. The zero-order valence-electron chi connectivity index (χ0n) is 10.5. The largest absolute Gasteiger partial charge is 0.306 e. The van der Waals surface area contributed by atoms with Crippen molar-refractivity contribution in [3.8, 4) is 0 Å². The Morgan fingerprint density at radius 3 is 1.73 bits per heavy atom. The van der Waals surface area contributed by atoms with Crippen LogP contribution >= 0.6 is 12.8 Å². The molecule has 0 aliphatic carbocycles. The van der Waals surface area contributed by atoms with E-state index in [1.54, 1.807) is 0 Å². The predicted octanol–water partition coefficient (Wildman–Crippen LogP) is 2.67. The second-order valence-electron chi connectivity index (χ2n) is 4.76. The number of piperidine rings is 2. The molecule has 2 saturated heterocycles. The molecule has 0 aromatic heterocycles. The summed E-state index contributed by atoms with van der Waals surface area (Å²) < 4.78 is 2.17. The van der Waals surface area contributed by atoms with Crippen LogP contribution in [0.25, 0.3) is 0 Å². The summed E-state index contributed by atoms with van der Waals surface area (Å²) in [4.78, 5) is 2.46. The maximum absolute atomic E-state index is 4.40. The number of hydrogen-bond donors (Lipinski definition) is 1. The molecule has 15 heavy (non-hydrogen) atoms. The molecular formula is C12H26N2S. The van der Waals surface area contributed by atoms with Crippen LogP contribution in [-0.2, 0) is 0 Å². The lowest BCUT2D eigenvalue weighted by molar-refractivity contribution is 0.0701. The van der Waals surface area contributed by atoms with Gasteiger partial charge in [-0.25, -0.2) is 0 Å². The summed E-state index contributed by atoms with van der Waals surface area (Å²) in [6.07, 6.45) is 5.55. The molecule has 2 nitrogen and oxygen atoms in total. The molecule has 0 amide bonds. The average Bonchev–Trinajstić information content (AvgIpc) is 2.30. The van der Waals surface area contributed by atoms with Crippen molar-refractivity contribution in [2.75, 3.05) is 33.2 Å². The van der Waals surface area contributed by atoms with E-state index in [9.17, 15) is 0 Å². The van der Waals surface area contributed by atoms with Crippen molar-refractivity contribution in [2.24, 2.45) is 5.41 Å². The lowest BCUT2D eigenvalue weighted by Crippen LogP contribution is -2.43. The minimum atomic E-state index is 0.686. The molecule has 3 heteroatoms. The van der Waals surface area contributed by atoms with Crippen molar-refractivity contribution in [2.45, 2.75) is 39.5 Å². The van der Waals surface area contributed by atoms with E-state index in [2.05, 4.69) is 29.1 Å². The maximum Gasteiger partial charge on any atom is 0.00923 e. The summed E-state index contributed by atoms with van der Waals surface area (Å²) in [6, 6.07) is 0. The summed E-state index contributed by atoms with van der Waals surface area (Å²) in [5, 5.41) is 0. The van der Waals surface area contributed by atoms with Crippen LogP contribution in [0.4, 0.5) is 0 Å². The van der Waals surface area contributed by atoms with Crippen molar-refractivity contribution in [3.63, 3.8) is 0 Å². The fourth-order valence-electron chi connectivity index (χ4n) is 2.56. The molecule has 0 unspecified atom stereocenters. The first-order chi connectivity index (χ1) is 7.20. The normalized spacial score (nSPS) is 27.2. The van der Waals surface area contributed by atoms with Crippen molar-refractivity contribution < 1.29 is 0 Å². The molecule has 0 aromatic carbocycles. The fraction of sp³-hybridized carbons (Fsp3) is 1.00. The van der Waals surface area contributed by atoms with Crippen LogP contribution in [0.15, 0.2) is 0 Å². The Morgan fingerprint density at radius 1 is 0.867 bits per heavy atom. The van der Waals surface area contributed by atoms with Crippen molar-refractivity contribution in [1.29, 1.82) is 0 Å². The monoisotopic (exact) mass is 230 g/mol. The van der Waals surface area contributed by atoms with E-state index in [0.717, 1.165) is 0 Å². The zero-order valence-corrected chi connectivity index (χ0v) is 11.4. The van der Waals surface area contributed by atoms with Gasteiger partial charge >= 0.3 is 0 Å². The SMILES string of the molecule is CC.CN1CCC2(CC1)CCN(S)CC2. The fourth-order valence-corrected chi connectivity index (χ4v) is 2.76. The highest BCUT2D eigenvalue weighted by molar-refractivity contribution is 7.77. The lowest BCUT2D eigenvalue weighted by Gasteiger charge is -2.45. The molecule has 2 fully saturated rings. The first-order valence-corrected chi connectivity index (χ1v) is 6.73. The number of nitrogens with zero attached hydrogens (tertiary/aromatic N) is 2. The first kappa shape index (κ1) is 13.3. The molecule has 0 N–H and O–H groups in total. The summed E-state index contributed by atoms with van der Waals surface area (Å²) in [5.41, 5.74) is 0.686. The third-order valence-corrected chi connectivity index (χ3v) is 4.25. The van der Waals surface area contributed by atoms with Crippen molar-refractivity contribution >= 4 is 12.8 Å². The second-order valence-corrected chi connectivity index (χ2v) is 5.32. The molecule has 2 aliphatic heterocycles. The Kier molecular flexibility index (Phi) is 5.44. The predicted molar refractivity (Wildman–Crippen MR) is 70.3 cm³/mol. The highest BCUT2D eigenvalue weighted by Gasteiger charge is 2.35. The first-order valence-electron chi connectivity index (χ1n) is 6.33. The van der Waals surface area contributed by atoms with E-state index in [4.69, 9.17) is 0 Å². The number of hydrogen-bond acceptors (Lipinski definition) is 3. The Hall–Kier alpha value is 0.270. The summed E-state index contributed by atoms with van der Waals surface area (Å²) >= 11 is 4.40. The molecule has 90 valence electrons. The van der Waals surface area contributed by atoms with Gasteiger partial charge in [-0.15, -0.1) is 0 Å². The van der Waals surface area contributed by atoms with Gasteiger partial charge in [0, 0.05) is 13.1 Å². The molecule has 1 spiro atoms. The van der Waals surface area contributed by atoms with Crippen LogP contribution in [0.3, 0.4) is 0 Å². The van der Waals surface area contributed by atoms with Gasteiger partial charge in [0.2, 0.25) is 0 Å². The Morgan fingerprint density at radius 2 is 1.27 bits per heavy atom. The maximum atomic E-state index is 4.40. The topological polar surface area (TPSA) is 6.48 Å². The Balaban J connectivity index is 0.000000531. The average molecular weight is 230 g/mol. The van der Waals surface area contributed by atoms with E-state index in [-0.39, 0.29) is 0 Å². The van der Waals surface area contributed by atoms with Crippen molar-refractivity contribution in [3.05, 3.63) is 0 Å². The minimum Gasteiger partial charge on any atom is -0.306 e. The molecule has 2 heterocycles. The van der Waals surface area contributed by atoms with E-state index >= 15 is 0 Å². The van der Waals surface area contributed by atoms with Gasteiger partial charge < -0.3 is 4.90 Å². The standard InChI is InChI=1S/C10H20N2S.C2H6/c1-11-6-2-10(3-7-11)4-8-12(13)9-5-10;1-2/h13H,2-9H2,1H3;1-2H3. The molecule has 0 aromatic rings. The van der Waals surface area contributed by atoms with Gasteiger partial charge in [0.15, 0.2) is 0 Å². The quantitative estimate of drug-likeness (QED) is 0.639. The van der Waals surface area contributed by atoms with Gasteiger partial charge in [0.05, 0.1) is 0 Å². The summed E-state index contributed by atoms with van der Waals surface area (Å²) in [5.74, 6) is 0. The molecule has 0 saturated carbocycles. The van der Waals surface area contributed by atoms with Crippen LogP contribution < -0.4 is 0 Å². The zero-order chi connectivity index (χ0) is 11.3. The minimum absolute atomic E-state index is 0.686. The smallest absolute Gasteiger partial charge is 0.00923 e. The van der Waals surface area contributed by atoms with E-state index in [1.165, 1.54) is 51.9 Å². The van der Waals surface area contributed by atoms with Gasteiger partial charge in [0.1, 0.15) is 0 Å².